The van der Waals surface area contributed by atoms with Crippen molar-refractivity contribution in [3.8, 4) is 6.07 Å². The maximum atomic E-state index is 12.5. The molecule has 0 spiro atoms. The molecule has 0 bridgehead atoms. The molecule has 0 saturated carbocycles. The molecule has 1 aromatic carbocycles. The largest absolute Gasteiger partial charge is 0.374 e. The van der Waals surface area contributed by atoms with Crippen LogP contribution in [0.5, 0.6) is 0 Å². The first-order valence-electron chi connectivity index (χ1n) is 6.79. The van der Waals surface area contributed by atoms with Gasteiger partial charge in [-0.05, 0) is 18.7 Å². The molecule has 1 N–H and O–H groups in total. The number of hydrogen-bond acceptors (Lipinski definition) is 5. The van der Waals surface area contributed by atoms with E-state index in [2.05, 4.69) is 5.32 Å². The minimum Gasteiger partial charge on any atom is -0.374 e. The van der Waals surface area contributed by atoms with Crippen LogP contribution in [-0.2, 0) is 20.5 Å². The van der Waals surface area contributed by atoms with E-state index < -0.39 is 10.0 Å². The van der Waals surface area contributed by atoms with Crippen LogP contribution < -0.4 is 5.32 Å². The molecule has 21 heavy (non-hydrogen) atoms. The quantitative estimate of drug-likeness (QED) is 0.846. The predicted molar refractivity (Wildman–Crippen MR) is 79.0 cm³/mol. The highest BCUT2D eigenvalue weighted by Crippen LogP contribution is 2.17. The van der Waals surface area contributed by atoms with Crippen molar-refractivity contribution in [2.24, 2.45) is 0 Å². The standard InChI is InChI=1S/C14H19N3O3S/c1-16-9-14-10-17(6-7-20-14)21(18,19)11-13-5-3-2-4-12(13)8-15/h2-5,14,16H,6-7,9-11H2,1H3. The van der Waals surface area contributed by atoms with Crippen LogP contribution in [0.25, 0.3) is 0 Å². The summed E-state index contributed by atoms with van der Waals surface area (Å²) >= 11 is 0. The Balaban J connectivity index is 2.13. The third-order valence-corrected chi connectivity index (χ3v) is 5.20. The number of benzene rings is 1. The Labute approximate surface area is 125 Å². The minimum absolute atomic E-state index is 0.135. The maximum Gasteiger partial charge on any atom is 0.218 e. The molecule has 1 fully saturated rings. The molecule has 6 nitrogen and oxygen atoms in total. The van der Waals surface area contributed by atoms with Crippen molar-refractivity contribution < 1.29 is 13.2 Å². The second kappa shape index (κ2) is 7.00. The van der Waals surface area contributed by atoms with Crippen molar-refractivity contribution in [3.05, 3.63) is 35.4 Å². The summed E-state index contributed by atoms with van der Waals surface area (Å²) in [5.74, 6) is -0.150. The molecule has 1 saturated heterocycles. The lowest BCUT2D eigenvalue weighted by Gasteiger charge is -2.32. The molecule has 0 aliphatic carbocycles. The molecule has 7 heteroatoms. The fraction of sp³-hybridized carbons (Fsp3) is 0.500. The number of sulfonamides is 1. The van der Waals surface area contributed by atoms with E-state index in [0.717, 1.165) is 0 Å². The fourth-order valence-corrected chi connectivity index (χ4v) is 3.91. The van der Waals surface area contributed by atoms with E-state index in [9.17, 15) is 8.42 Å². The molecular weight excluding hydrogens is 290 g/mol. The van der Waals surface area contributed by atoms with Crippen molar-refractivity contribution in [1.29, 1.82) is 5.26 Å². The lowest BCUT2D eigenvalue weighted by Crippen LogP contribution is -2.48. The van der Waals surface area contributed by atoms with E-state index in [1.807, 2.05) is 6.07 Å². The second-order valence-corrected chi connectivity index (χ2v) is 6.90. The van der Waals surface area contributed by atoms with Crippen LogP contribution in [0.1, 0.15) is 11.1 Å². The normalized spacial score (nSPS) is 20.1. The minimum atomic E-state index is -3.45. The third kappa shape index (κ3) is 4.02. The summed E-state index contributed by atoms with van der Waals surface area (Å²) in [6.07, 6.45) is -0.135. The Morgan fingerprint density at radius 2 is 2.24 bits per heavy atom. The van der Waals surface area contributed by atoms with Gasteiger partial charge in [-0.1, -0.05) is 18.2 Å². The van der Waals surface area contributed by atoms with E-state index in [-0.39, 0.29) is 11.9 Å². The van der Waals surface area contributed by atoms with Gasteiger partial charge >= 0.3 is 0 Å². The molecule has 0 aromatic heterocycles. The maximum absolute atomic E-state index is 12.5. The first-order valence-corrected chi connectivity index (χ1v) is 8.40. The molecule has 0 radical (unpaired) electrons. The molecule has 1 unspecified atom stereocenters. The molecular formula is C14H19N3O3S. The van der Waals surface area contributed by atoms with Gasteiger partial charge in [0.25, 0.3) is 0 Å². The SMILES string of the molecule is CNCC1CN(S(=O)(=O)Cc2ccccc2C#N)CCO1. The van der Waals surface area contributed by atoms with Crippen molar-refractivity contribution in [3.63, 3.8) is 0 Å². The molecule has 1 atom stereocenters. The van der Waals surface area contributed by atoms with E-state index in [1.54, 1.807) is 31.3 Å². The fourth-order valence-electron chi connectivity index (χ4n) is 2.34. The Kier molecular flexibility index (Phi) is 5.31. The van der Waals surface area contributed by atoms with Gasteiger partial charge < -0.3 is 10.1 Å². The lowest BCUT2D eigenvalue weighted by atomic mass is 10.1. The monoisotopic (exact) mass is 309 g/mol. The van der Waals surface area contributed by atoms with E-state index in [4.69, 9.17) is 10.00 Å². The Morgan fingerprint density at radius 3 is 2.95 bits per heavy atom. The number of nitrogens with one attached hydrogen (secondary N) is 1. The van der Waals surface area contributed by atoms with Crippen LogP contribution in [0.4, 0.5) is 0 Å². The van der Waals surface area contributed by atoms with Crippen LogP contribution >= 0.6 is 0 Å². The van der Waals surface area contributed by atoms with Gasteiger partial charge in [-0.3, -0.25) is 0 Å². The van der Waals surface area contributed by atoms with Crippen molar-refractivity contribution in [1.82, 2.24) is 9.62 Å². The number of rotatable bonds is 5. The molecule has 0 amide bonds. The lowest BCUT2D eigenvalue weighted by molar-refractivity contribution is 0.000777. The number of ether oxygens (including phenoxy) is 1. The van der Waals surface area contributed by atoms with Gasteiger partial charge in [0.05, 0.1) is 30.1 Å². The molecule has 2 rings (SSSR count). The average molecular weight is 309 g/mol. The summed E-state index contributed by atoms with van der Waals surface area (Å²) in [5, 5.41) is 12.0. The van der Waals surface area contributed by atoms with Crippen molar-refractivity contribution >= 4 is 10.0 Å². The molecule has 1 aliphatic rings. The summed E-state index contributed by atoms with van der Waals surface area (Å²) in [6, 6.07) is 8.82. The van der Waals surface area contributed by atoms with Crippen molar-refractivity contribution in [2.45, 2.75) is 11.9 Å². The first-order chi connectivity index (χ1) is 10.1. The summed E-state index contributed by atoms with van der Waals surface area (Å²) in [5.41, 5.74) is 0.942. The molecule has 114 valence electrons. The zero-order chi connectivity index (χ0) is 15.3. The highest BCUT2D eigenvalue weighted by atomic mass is 32.2. The average Bonchev–Trinajstić information content (AvgIpc) is 2.48. The Morgan fingerprint density at radius 1 is 1.48 bits per heavy atom. The van der Waals surface area contributed by atoms with E-state index in [0.29, 0.717) is 37.4 Å². The van der Waals surface area contributed by atoms with E-state index >= 15 is 0 Å². The number of nitriles is 1. The number of morpholine rings is 1. The third-order valence-electron chi connectivity index (χ3n) is 3.40. The topological polar surface area (TPSA) is 82.4 Å². The zero-order valence-electron chi connectivity index (χ0n) is 11.9. The van der Waals surface area contributed by atoms with Gasteiger partial charge in [-0.15, -0.1) is 0 Å². The highest BCUT2D eigenvalue weighted by Gasteiger charge is 2.29. The molecule has 1 heterocycles. The van der Waals surface area contributed by atoms with Crippen LogP contribution in [0.15, 0.2) is 24.3 Å². The smallest absolute Gasteiger partial charge is 0.218 e. The number of hydrogen-bond donors (Lipinski definition) is 1. The predicted octanol–water partition coefficient (Wildman–Crippen LogP) is 0.308. The van der Waals surface area contributed by atoms with E-state index in [1.165, 1.54) is 4.31 Å². The van der Waals surface area contributed by atoms with Crippen molar-refractivity contribution in [2.75, 3.05) is 33.3 Å². The van der Waals surface area contributed by atoms with Crippen LogP contribution in [0.3, 0.4) is 0 Å². The van der Waals surface area contributed by atoms with Gasteiger partial charge in [-0.2, -0.15) is 9.57 Å². The number of nitrogens with zero attached hydrogens (tertiary/aromatic N) is 2. The summed E-state index contributed by atoms with van der Waals surface area (Å²) in [6.45, 7) is 1.71. The van der Waals surface area contributed by atoms with Gasteiger partial charge in [-0.25, -0.2) is 8.42 Å². The van der Waals surface area contributed by atoms with Crippen LogP contribution in [0, 0.1) is 11.3 Å². The molecule has 1 aliphatic heterocycles. The van der Waals surface area contributed by atoms with Gasteiger partial charge in [0.15, 0.2) is 0 Å². The zero-order valence-corrected chi connectivity index (χ0v) is 12.8. The second-order valence-electron chi connectivity index (χ2n) is 4.93. The van der Waals surface area contributed by atoms with Gasteiger partial charge in [0, 0.05) is 19.6 Å². The van der Waals surface area contributed by atoms with Crippen LogP contribution in [0.2, 0.25) is 0 Å². The molecule has 1 aromatic rings. The Hall–Kier alpha value is -1.46. The van der Waals surface area contributed by atoms with Gasteiger partial charge in [0.1, 0.15) is 0 Å². The summed E-state index contributed by atoms with van der Waals surface area (Å²) < 4.78 is 32.0. The summed E-state index contributed by atoms with van der Waals surface area (Å²) in [4.78, 5) is 0. The van der Waals surface area contributed by atoms with Crippen LogP contribution in [-0.4, -0.2) is 52.1 Å². The summed E-state index contributed by atoms with van der Waals surface area (Å²) in [7, 11) is -1.64. The Bertz CT molecular complexity index is 623. The first kappa shape index (κ1) is 15.9. The highest BCUT2D eigenvalue weighted by molar-refractivity contribution is 7.88. The number of likely N-dealkylation sites (N-methyl/N-ethyl adjacent to an activating group) is 1. The van der Waals surface area contributed by atoms with Gasteiger partial charge in [0.2, 0.25) is 10.0 Å².